The maximum atomic E-state index is 5.77. The van der Waals surface area contributed by atoms with E-state index in [0.29, 0.717) is 24.0 Å². The second-order valence-corrected chi connectivity index (χ2v) is 6.43. The zero-order valence-corrected chi connectivity index (χ0v) is 13.2. The van der Waals surface area contributed by atoms with E-state index in [2.05, 4.69) is 47.6 Å². The average molecular weight is 290 g/mol. The number of aromatic nitrogens is 1. The number of aryl methyl sites for hydroxylation is 1. The molecule has 0 aromatic carbocycles. The number of rotatable bonds is 3. The summed E-state index contributed by atoms with van der Waals surface area (Å²) in [6, 6.07) is 3.61. The van der Waals surface area contributed by atoms with Gasteiger partial charge in [0.05, 0.1) is 13.2 Å². The highest BCUT2D eigenvalue weighted by Crippen LogP contribution is 2.26. The topological polar surface area (TPSA) is 49.4 Å². The van der Waals surface area contributed by atoms with Crippen LogP contribution in [0.2, 0.25) is 0 Å². The van der Waals surface area contributed by atoms with Crippen LogP contribution in [0.5, 0.6) is 0 Å². The van der Waals surface area contributed by atoms with Crippen molar-refractivity contribution in [2.24, 2.45) is 5.92 Å². The molecule has 2 aliphatic heterocycles. The smallest absolute Gasteiger partial charge is 0.0626 e. The third-order valence-corrected chi connectivity index (χ3v) is 4.74. The molecule has 0 aliphatic carbocycles. The van der Waals surface area contributed by atoms with E-state index in [1.807, 2.05) is 12.4 Å². The van der Waals surface area contributed by atoms with Crippen molar-refractivity contribution in [2.45, 2.75) is 45.4 Å². The maximum Gasteiger partial charge on any atom is 0.0626 e. The van der Waals surface area contributed by atoms with E-state index < -0.39 is 0 Å². The summed E-state index contributed by atoms with van der Waals surface area (Å²) in [5, 5.41) is 0. The van der Waals surface area contributed by atoms with Crippen molar-refractivity contribution in [3.63, 3.8) is 0 Å². The third-order valence-electron chi connectivity index (χ3n) is 4.74. The first-order valence-corrected chi connectivity index (χ1v) is 7.88. The molecule has 5 heteroatoms. The minimum absolute atomic E-state index is 0.451. The Bertz CT molecular complexity index is 471. The number of nitrogens with zero attached hydrogens (tertiary/aromatic N) is 2. The minimum Gasteiger partial charge on any atom is -0.378 e. The number of morpholine rings is 1. The third kappa shape index (κ3) is 3.26. The van der Waals surface area contributed by atoms with Gasteiger partial charge in [0.15, 0.2) is 0 Å². The molecule has 21 heavy (non-hydrogen) atoms. The Morgan fingerprint density at radius 3 is 2.76 bits per heavy atom. The van der Waals surface area contributed by atoms with Gasteiger partial charge in [-0.2, -0.15) is 0 Å². The summed E-state index contributed by atoms with van der Waals surface area (Å²) in [5.74, 6) is 0.558. The monoisotopic (exact) mass is 290 g/mol. The average Bonchev–Trinajstić information content (AvgIpc) is 2.79. The number of hydrazine groups is 1. The van der Waals surface area contributed by atoms with Crippen LogP contribution in [-0.2, 0) is 11.3 Å². The Labute approximate surface area is 127 Å². The van der Waals surface area contributed by atoms with Gasteiger partial charge in [-0.3, -0.25) is 20.7 Å². The van der Waals surface area contributed by atoms with Gasteiger partial charge < -0.3 is 4.74 Å². The zero-order chi connectivity index (χ0) is 14.8. The van der Waals surface area contributed by atoms with Crippen molar-refractivity contribution in [1.29, 1.82) is 0 Å². The Morgan fingerprint density at radius 1 is 1.29 bits per heavy atom. The van der Waals surface area contributed by atoms with Crippen molar-refractivity contribution in [3.8, 4) is 0 Å². The Morgan fingerprint density at radius 2 is 2.05 bits per heavy atom. The molecule has 3 heterocycles. The lowest BCUT2D eigenvalue weighted by molar-refractivity contribution is -0.0378. The Kier molecular flexibility index (Phi) is 4.54. The maximum absolute atomic E-state index is 5.77. The lowest BCUT2D eigenvalue weighted by Crippen LogP contribution is -2.53. The molecule has 5 nitrogen and oxygen atoms in total. The van der Waals surface area contributed by atoms with Crippen LogP contribution < -0.4 is 10.9 Å². The molecule has 1 aromatic rings. The molecule has 0 saturated carbocycles. The quantitative estimate of drug-likeness (QED) is 0.873. The fraction of sp³-hybridized carbons (Fsp3) is 0.688. The van der Waals surface area contributed by atoms with E-state index in [-0.39, 0.29) is 0 Å². The molecule has 0 radical (unpaired) electrons. The summed E-state index contributed by atoms with van der Waals surface area (Å²) in [4.78, 5) is 6.88. The number of hydrogen-bond donors (Lipinski definition) is 2. The van der Waals surface area contributed by atoms with E-state index >= 15 is 0 Å². The van der Waals surface area contributed by atoms with Crippen molar-refractivity contribution in [3.05, 3.63) is 29.6 Å². The molecule has 116 valence electrons. The Hall–Kier alpha value is -1.01. The fourth-order valence-electron chi connectivity index (χ4n) is 3.70. The van der Waals surface area contributed by atoms with Crippen LogP contribution in [0, 0.1) is 12.8 Å². The van der Waals surface area contributed by atoms with E-state index in [1.165, 1.54) is 11.1 Å². The van der Waals surface area contributed by atoms with Gasteiger partial charge in [-0.05, 0) is 31.9 Å². The van der Waals surface area contributed by atoms with Gasteiger partial charge in [0.1, 0.15) is 0 Å². The molecule has 2 aliphatic rings. The predicted molar refractivity (Wildman–Crippen MR) is 82.7 cm³/mol. The van der Waals surface area contributed by atoms with Crippen LogP contribution in [0.25, 0.3) is 0 Å². The van der Waals surface area contributed by atoms with Crippen LogP contribution in [0.1, 0.15) is 25.0 Å². The van der Waals surface area contributed by atoms with Crippen LogP contribution >= 0.6 is 0 Å². The lowest BCUT2D eigenvalue weighted by Gasteiger charge is -2.41. The second-order valence-electron chi connectivity index (χ2n) is 6.43. The highest BCUT2D eigenvalue weighted by Gasteiger charge is 2.40. The molecule has 0 bridgehead atoms. The van der Waals surface area contributed by atoms with Gasteiger partial charge in [-0.25, -0.2) is 0 Å². The fourth-order valence-corrected chi connectivity index (χ4v) is 3.70. The molecule has 2 N–H and O–H groups in total. The molecule has 0 amide bonds. The first-order chi connectivity index (χ1) is 10.1. The summed E-state index contributed by atoms with van der Waals surface area (Å²) in [5.41, 5.74) is 9.25. The summed E-state index contributed by atoms with van der Waals surface area (Å²) in [7, 11) is 0. The molecule has 3 rings (SSSR count). The van der Waals surface area contributed by atoms with Crippen molar-refractivity contribution >= 4 is 0 Å². The van der Waals surface area contributed by atoms with E-state index in [4.69, 9.17) is 4.74 Å². The molecule has 2 fully saturated rings. The summed E-state index contributed by atoms with van der Waals surface area (Å²) < 4.78 is 5.77. The summed E-state index contributed by atoms with van der Waals surface area (Å²) in [6.07, 6.45) is 3.90. The highest BCUT2D eigenvalue weighted by molar-refractivity contribution is 5.17. The van der Waals surface area contributed by atoms with Gasteiger partial charge in [0.2, 0.25) is 0 Å². The number of ether oxygens (including phenoxy) is 1. The standard InChI is InChI=1S/C16H26N4O/c1-11-6-14(8-17-7-11)9-20-4-5-21-10-15(20)16-12(2)18-19-13(16)3/h6-8,12-13,15-16,18-19H,4-5,9-10H2,1-3H3. The molecular weight excluding hydrogens is 264 g/mol. The zero-order valence-electron chi connectivity index (χ0n) is 13.2. The van der Waals surface area contributed by atoms with Crippen LogP contribution in [0.3, 0.4) is 0 Å². The van der Waals surface area contributed by atoms with Gasteiger partial charge in [-0.1, -0.05) is 6.07 Å². The molecule has 2 saturated heterocycles. The Balaban J connectivity index is 1.75. The molecule has 0 spiro atoms. The van der Waals surface area contributed by atoms with E-state index in [9.17, 15) is 0 Å². The number of pyridine rings is 1. The van der Waals surface area contributed by atoms with Crippen LogP contribution in [-0.4, -0.2) is 47.8 Å². The van der Waals surface area contributed by atoms with Gasteiger partial charge >= 0.3 is 0 Å². The van der Waals surface area contributed by atoms with Crippen LogP contribution in [0.15, 0.2) is 18.5 Å². The van der Waals surface area contributed by atoms with E-state index in [1.54, 1.807) is 0 Å². The van der Waals surface area contributed by atoms with Gasteiger partial charge in [0.25, 0.3) is 0 Å². The van der Waals surface area contributed by atoms with Crippen molar-refractivity contribution < 1.29 is 4.74 Å². The summed E-state index contributed by atoms with van der Waals surface area (Å²) >= 11 is 0. The second kappa shape index (κ2) is 6.40. The molecular formula is C16H26N4O. The first kappa shape index (κ1) is 14.9. The SMILES string of the molecule is Cc1cncc(CN2CCOCC2C2C(C)NNC2C)c1. The summed E-state index contributed by atoms with van der Waals surface area (Å²) in [6.45, 7) is 10.2. The number of hydrogen-bond acceptors (Lipinski definition) is 5. The van der Waals surface area contributed by atoms with Crippen molar-refractivity contribution in [1.82, 2.24) is 20.7 Å². The number of nitrogens with one attached hydrogen (secondary N) is 2. The van der Waals surface area contributed by atoms with Gasteiger partial charge in [0, 0.05) is 49.5 Å². The molecule has 3 unspecified atom stereocenters. The normalized spacial score (nSPS) is 34.2. The minimum atomic E-state index is 0.451. The van der Waals surface area contributed by atoms with Crippen molar-refractivity contribution in [2.75, 3.05) is 19.8 Å². The largest absolute Gasteiger partial charge is 0.378 e. The lowest BCUT2D eigenvalue weighted by atomic mass is 9.87. The predicted octanol–water partition coefficient (Wildman–Crippen LogP) is 1.09. The van der Waals surface area contributed by atoms with Crippen LogP contribution in [0.4, 0.5) is 0 Å². The highest BCUT2D eigenvalue weighted by atomic mass is 16.5. The van der Waals surface area contributed by atoms with Gasteiger partial charge in [-0.15, -0.1) is 0 Å². The first-order valence-electron chi connectivity index (χ1n) is 7.88. The molecule has 3 atom stereocenters. The molecule has 1 aromatic heterocycles. The van der Waals surface area contributed by atoms with E-state index in [0.717, 1.165) is 26.3 Å².